The minimum absolute atomic E-state index is 0.0167. The molecule has 1 aromatic carbocycles. The zero-order valence-electron chi connectivity index (χ0n) is 9.80. The number of halogens is 1. The zero-order valence-corrected chi connectivity index (χ0v) is 11.4. The van der Waals surface area contributed by atoms with Gasteiger partial charge in [0.1, 0.15) is 6.04 Å². The molecular weight excluding hydrogens is 268 g/mol. The van der Waals surface area contributed by atoms with Gasteiger partial charge in [-0.3, -0.25) is 4.79 Å². The van der Waals surface area contributed by atoms with Crippen LogP contribution in [0.5, 0.6) is 0 Å². The van der Waals surface area contributed by atoms with Crippen molar-refractivity contribution in [1.82, 2.24) is 5.32 Å². The molecule has 0 spiro atoms. The van der Waals surface area contributed by atoms with E-state index in [9.17, 15) is 4.79 Å². The first-order valence-electron chi connectivity index (χ1n) is 5.35. The Hall–Kier alpha value is -1.03. The van der Waals surface area contributed by atoms with E-state index in [0.717, 1.165) is 15.7 Å². The fourth-order valence-corrected chi connectivity index (χ4v) is 1.62. The maximum absolute atomic E-state index is 11.5. The average molecular weight is 285 g/mol. The van der Waals surface area contributed by atoms with Crippen LogP contribution in [0.4, 0.5) is 5.69 Å². The Morgan fingerprint density at radius 1 is 1.50 bits per heavy atom. The van der Waals surface area contributed by atoms with Crippen LogP contribution in [0.1, 0.15) is 19.4 Å². The highest BCUT2D eigenvalue weighted by atomic mass is 79.9. The third kappa shape index (κ3) is 3.52. The first-order chi connectivity index (χ1) is 7.54. The van der Waals surface area contributed by atoms with Gasteiger partial charge in [0.05, 0.1) is 0 Å². The highest BCUT2D eigenvalue weighted by molar-refractivity contribution is 9.10. The SMILES string of the molecule is CCNC(=O)C(C)Nc1ccc(Br)c(C)c1. The molecule has 4 heteroatoms. The van der Waals surface area contributed by atoms with Gasteiger partial charge in [0, 0.05) is 16.7 Å². The molecule has 1 atom stereocenters. The monoisotopic (exact) mass is 284 g/mol. The molecule has 1 rings (SSSR count). The molecule has 0 bridgehead atoms. The van der Waals surface area contributed by atoms with Crippen LogP contribution in [0.3, 0.4) is 0 Å². The average Bonchev–Trinajstić information content (AvgIpc) is 2.24. The van der Waals surface area contributed by atoms with Gasteiger partial charge >= 0.3 is 0 Å². The van der Waals surface area contributed by atoms with Crippen LogP contribution in [0, 0.1) is 6.92 Å². The maximum Gasteiger partial charge on any atom is 0.242 e. The molecule has 0 fully saturated rings. The topological polar surface area (TPSA) is 41.1 Å². The number of carbonyl (C=O) groups is 1. The van der Waals surface area contributed by atoms with E-state index in [-0.39, 0.29) is 11.9 Å². The van der Waals surface area contributed by atoms with E-state index >= 15 is 0 Å². The quantitative estimate of drug-likeness (QED) is 0.893. The van der Waals surface area contributed by atoms with Crippen molar-refractivity contribution in [2.24, 2.45) is 0 Å². The summed E-state index contributed by atoms with van der Waals surface area (Å²) in [5.41, 5.74) is 2.10. The largest absolute Gasteiger partial charge is 0.374 e. The van der Waals surface area contributed by atoms with Crippen LogP contribution >= 0.6 is 15.9 Å². The van der Waals surface area contributed by atoms with Gasteiger partial charge in [0.25, 0.3) is 0 Å². The van der Waals surface area contributed by atoms with Crippen LogP contribution in [0.2, 0.25) is 0 Å². The molecule has 0 saturated heterocycles. The number of benzene rings is 1. The molecular formula is C12H17BrN2O. The Bertz CT molecular complexity index is 379. The predicted molar refractivity (Wildman–Crippen MR) is 70.6 cm³/mol. The van der Waals surface area contributed by atoms with Crippen molar-refractivity contribution in [2.75, 3.05) is 11.9 Å². The Balaban J connectivity index is 2.66. The molecule has 0 aromatic heterocycles. The van der Waals surface area contributed by atoms with Crippen molar-refractivity contribution in [3.8, 4) is 0 Å². The lowest BCUT2D eigenvalue weighted by Gasteiger charge is -2.15. The van der Waals surface area contributed by atoms with Gasteiger partial charge in [-0.15, -0.1) is 0 Å². The summed E-state index contributed by atoms with van der Waals surface area (Å²) >= 11 is 3.44. The summed E-state index contributed by atoms with van der Waals surface area (Å²) in [6.07, 6.45) is 0. The molecule has 0 aliphatic carbocycles. The number of hydrogen-bond acceptors (Lipinski definition) is 2. The van der Waals surface area contributed by atoms with Gasteiger partial charge in [-0.05, 0) is 44.5 Å². The molecule has 88 valence electrons. The first kappa shape index (κ1) is 13.0. The number of rotatable bonds is 4. The minimum atomic E-state index is -0.222. The second kappa shape index (κ2) is 5.89. The van der Waals surface area contributed by atoms with E-state index in [0.29, 0.717) is 6.54 Å². The highest BCUT2D eigenvalue weighted by Gasteiger charge is 2.11. The summed E-state index contributed by atoms with van der Waals surface area (Å²) in [6.45, 7) is 6.44. The van der Waals surface area contributed by atoms with Crippen LogP contribution < -0.4 is 10.6 Å². The van der Waals surface area contributed by atoms with E-state index in [1.165, 1.54) is 0 Å². The molecule has 16 heavy (non-hydrogen) atoms. The van der Waals surface area contributed by atoms with Crippen molar-refractivity contribution >= 4 is 27.5 Å². The van der Waals surface area contributed by atoms with E-state index in [4.69, 9.17) is 0 Å². The number of aryl methyl sites for hydroxylation is 1. The van der Waals surface area contributed by atoms with Gasteiger partial charge in [0.15, 0.2) is 0 Å². The molecule has 0 radical (unpaired) electrons. The van der Waals surface area contributed by atoms with Gasteiger partial charge in [-0.1, -0.05) is 15.9 Å². The van der Waals surface area contributed by atoms with Gasteiger partial charge in [0.2, 0.25) is 5.91 Å². The van der Waals surface area contributed by atoms with Crippen LogP contribution in [0.15, 0.2) is 22.7 Å². The fourth-order valence-electron chi connectivity index (χ4n) is 1.38. The molecule has 1 aromatic rings. The normalized spacial score (nSPS) is 12.0. The van der Waals surface area contributed by atoms with Crippen molar-refractivity contribution < 1.29 is 4.79 Å². The van der Waals surface area contributed by atoms with Crippen molar-refractivity contribution in [3.63, 3.8) is 0 Å². The van der Waals surface area contributed by atoms with Crippen molar-refractivity contribution in [1.29, 1.82) is 0 Å². The number of nitrogens with one attached hydrogen (secondary N) is 2. The van der Waals surface area contributed by atoms with E-state index < -0.39 is 0 Å². The van der Waals surface area contributed by atoms with Gasteiger partial charge in [-0.25, -0.2) is 0 Å². The molecule has 2 N–H and O–H groups in total. The Labute approximate surface area is 105 Å². The number of hydrogen-bond donors (Lipinski definition) is 2. The highest BCUT2D eigenvalue weighted by Crippen LogP contribution is 2.20. The summed E-state index contributed by atoms with van der Waals surface area (Å²) < 4.78 is 1.07. The lowest BCUT2D eigenvalue weighted by molar-refractivity contribution is -0.121. The minimum Gasteiger partial charge on any atom is -0.374 e. The summed E-state index contributed by atoms with van der Waals surface area (Å²) in [5.74, 6) is 0.0167. The lowest BCUT2D eigenvalue weighted by Crippen LogP contribution is -2.37. The number of likely N-dealkylation sites (N-methyl/N-ethyl adjacent to an activating group) is 1. The number of anilines is 1. The summed E-state index contributed by atoms with van der Waals surface area (Å²) in [4.78, 5) is 11.5. The van der Waals surface area contributed by atoms with E-state index in [1.807, 2.05) is 39.0 Å². The number of carbonyl (C=O) groups excluding carboxylic acids is 1. The lowest BCUT2D eigenvalue weighted by atomic mass is 10.2. The third-order valence-electron chi connectivity index (χ3n) is 2.29. The second-order valence-corrected chi connectivity index (χ2v) is 4.58. The van der Waals surface area contributed by atoms with Crippen molar-refractivity contribution in [2.45, 2.75) is 26.8 Å². The fraction of sp³-hybridized carbons (Fsp3) is 0.417. The van der Waals surface area contributed by atoms with Gasteiger partial charge < -0.3 is 10.6 Å². The summed E-state index contributed by atoms with van der Waals surface area (Å²) in [5, 5.41) is 5.94. The van der Waals surface area contributed by atoms with Crippen LogP contribution in [0.25, 0.3) is 0 Å². The molecule has 3 nitrogen and oxygen atoms in total. The summed E-state index contributed by atoms with van der Waals surface area (Å²) in [6, 6.07) is 5.72. The molecule has 1 amide bonds. The van der Waals surface area contributed by atoms with Crippen LogP contribution in [-0.2, 0) is 4.79 Å². The summed E-state index contributed by atoms with van der Waals surface area (Å²) in [7, 11) is 0. The smallest absolute Gasteiger partial charge is 0.242 e. The Morgan fingerprint density at radius 2 is 2.19 bits per heavy atom. The maximum atomic E-state index is 11.5. The second-order valence-electron chi connectivity index (χ2n) is 3.72. The predicted octanol–water partition coefficient (Wildman–Crippen LogP) is 2.69. The van der Waals surface area contributed by atoms with Crippen molar-refractivity contribution in [3.05, 3.63) is 28.2 Å². The molecule has 0 aliphatic heterocycles. The molecule has 0 aliphatic rings. The van der Waals surface area contributed by atoms with E-state index in [2.05, 4.69) is 26.6 Å². The standard InChI is InChI=1S/C12H17BrN2O/c1-4-14-12(16)9(3)15-10-5-6-11(13)8(2)7-10/h5-7,9,15H,4H2,1-3H3,(H,14,16). The molecule has 1 unspecified atom stereocenters. The third-order valence-corrected chi connectivity index (χ3v) is 3.18. The Kier molecular flexibility index (Phi) is 4.80. The zero-order chi connectivity index (χ0) is 12.1. The van der Waals surface area contributed by atoms with E-state index in [1.54, 1.807) is 0 Å². The van der Waals surface area contributed by atoms with Gasteiger partial charge in [-0.2, -0.15) is 0 Å². The molecule has 0 heterocycles. The Morgan fingerprint density at radius 3 is 2.75 bits per heavy atom. The first-order valence-corrected chi connectivity index (χ1v) is 6.14. The van der Waals surface area contributed by atoms with Crippen LogP contribution in [-0.4, -0.2) is 18.5 Å². The molecule has 0 saturated carbocycles. The number of amides is 1.